The van der Waals surface area contributed by atoms with Crippen LogP contribution in [0.1, 0.15) is 31.7 Å². The third-order valence-electron chi connectivity index (χ3n) is 3.67. The molecule has 1 aliphatic carbocycles. The number of rotatable bonds is 6. The van der Waals surface area contributed by atoms with Gasteiger partial charge in [0.1, 0.15) is 0 Å². The molecule has 0 aromatic heterocycles. The van der Waals surface area contributed by atoms with Crippen LogP contribution >= 0.6 is 11.6 Å². The maximum Gasteiger partial charge on any atom is 0.0580 e. The zero-order valence-electron chi connectivity index (χ0n) is 10.9. The lowest BCUT2D eigenvalue weighted by Crippen LogP contribution is -2.36. The molecular formula is C15H22ClNO. The van der Waals surface area contributed by atoms with Gasteiger partial charge in [0.05, 0.1) is 6.10 Å². The number of ether oxygens (including phenoxy) is 1. The normalized spacial score (nSPS) is 24.6. The van der Waals surface area contributed by atoms with Gasteiger partial charge in [0.2, 0.25) is 0 Å². The lowest BCUT2D eigenvalue weighted by Gasteiger charge is -2.36. The summed E-state index contributed by atoms with van der Waals surface area (Å²) in [7, 11) is 0. The van der Waals surface area contributed by atoms with Crippen LogP contribution < -0.4 is 5.73 Å². The Balaban J connectivity index is 1.73. The van der Waals surface area contributed by atoms with Gasteiger partial charge in [-0.25, -0.2) is 0 Å². The van der Waals surface area contributed by atoms with E-state index in [-0.39, 0.29) is 6.04 Å². The van der Waals surface area contributed by atoms with E-state index in [1.165, 1.54) is 12.8 Å². The Hall–Kier alpha value is -0.570. The van der Waals surface area contributed by atoms with Gasteiger partial charge >= 0.3 is 0 Å². The van der Waals surface area contributed by atoms with Crippen LogP contribution in [-0.4, -0.2) is 18.8 Å². The number of hydrogen-bond donors (Lipinski definition) is 1. The minimum absolute atomic E-state index is 0.206. The van der Waals surface area contributed by atoms with E-state index in [1.54, 1.807) is 0 Å². The van der Waals surface area contributed by atoms with Gasteiger partial charge in [0.25, 0.3) is 0 Å². The third-order valence-corrected chi connectivity index (χ3v) is 4.04. The molecule has 1 fully saturated rings. The second-order valence-corrected chi connectivity index (χ2v) is 5.61. The summed E-state index contributed by atoms with van der Waals surface area (Å²) in [5.74, 6) is 0.735. The summed E-state index contributed by atoms with van der Waals surface area (Å²) < 4.78 is 5.57. The first-order valence-electron chi connectivity index (χ1n) is 6.79. The van der Waals surface area contributed by atoms with Gasteiger partial charge < -0.3 is 10.5 Å². The van der Waals surface area contributed by atoms with Crippen molar-refractivity contribution in [3.05, 3.63) is 34.9 Å². The summed E-state index contributed by atoms with van der Waals surface area (Å²) in [6.45, 7) is 2.87. The van der Waals surface area contributed by atoms with Crippen LogP contribution in [0, 0.1) is 5.92 Å². The molecule has 2 N–H and O–H groups in total. The molecule has 0 aliphatic heterocycles. The zero-order chi connectivity index (χ0) is 13.0. The Morgan fingerprint density at radius 1 is 1.39 bits per heavy atom. The largest absolute Gasteiger partial charge is 0.378 e. The maximum absolute atomic E-state index is 6.20. The predicted molar refractivity (Wildman–Crippen MR) is 75.9 cm³/mol. The average molecular weight is 268 g/mol. The SMILES string of the molecule is CCOC1CC(CC(N)Cc2ccccc2Cl)C1. The number of nitrogens with two attached hydrogens (primary N) is 1. The molecule has 2 nitrogen and oxygen atoms in total. The molecular weight excluding hydrogens is 246 g/mol. The van der Waals surface area contributed by atoms with Crippen LogP contribution in [0.5, 0.6) is 0 Å². The molecule has 0 spiro atoms. The molecule has 1 saturated carbocycles. The van der Waals surface area contributed by atoms with Gasteiger partial charge in [-0.3, -0.25) is 0 Å². The van der Waals surface area contributed by atoms with Crippen LogP contribution in [0.3, 0.4) is 0 Å². The van der Waals surface area contributed by atoms with E-state index in [9.17, 15) is 0 Å². The second kappa shape index (κ2) is 6.55. The molecule has 0 amide bonds. The van der Waals surface area contributed by atoms with E-state index in [2.05, 4.69) is 13.0 Å². The predicted octanol–water partition coefficient (Wildman–Crippen LogP) is 3.42. The molecule has 0 saturated heterocycles. The van der Waals surface area contributed by atoms with Crippen molar-refractivity contribution in [1.82, 2.24) is 0 Å². The molecule has 0 bridgehead atoms. The molecule has 1 aliphatic rings. The molecule has 1 aromatic carbocycles. The van der Waals surface area contributed by atoms with E-state index in [1.807, 2.05) is 18.2 Å². The summed E-state index contributed by atoms with van der Waals surface area (Å²) in [5.41, 5.74) is 7.36. The Morgan fingerprint density at radius 2 is 2.11 bits per heavy atom. The van der Waals surface area contributed by atoms with E-state index < -0.39 is 0 Å². The van der Waals surface area contributed by atoms with E-state index in [4.69, 9.17) is 22.1 Å². The third kappa shape index (κ3) is 3.71. The first-order chi connectivity index (χ1) is 8.69. The summed E-state index contributed by atoms with van der Waals surface area (Å²) in [6, 6.07) is 8.17. The maximum atomic E-state index is 6.20. The van der Waals surface area contributed by atoms with Crippen LogP contribution in [0.4, 0.5) is 0 Å². The molecule has 0 heterocycles. The summed E-state index contributed by atoms with van der Waals surface area (Å²) >= 11 is 6.14. The summed E-state index contributed by atoms with van der Waals surface area (Å²) in [4.78, 5) is 0. The first-order valence-corrected chi connectivity index (χ1v) is 7.17. The fraction of sp³-hybridized carbons (Fsp3) is 0.600. The fourth-order valence-corrected chi connectivity index (χ4v) is 2.91. The molecule has 2 rings (SSSR count). The Labute approximate surface area is 114 Å². The first kappa shape index (κ1) is 13.9. The zero-order valence-corrected chi connectivity index (χ0v) is 11.7. The second-order valence-electron chi connectivity index (χ2n) is 5.21. The van der Waals surface area contributed by atoms with Crippen molar-refractivity contribution in [2.24, 2.45) is 11.7 Å². The molecule has 100 valence electrons. The van der Waals surface area contributed by atoms with Crippen molar-refractivity contribution in [3.8, 4) is 0 Å². The average Bonchev–Trinajstić information content (AvgIpc) is 2.29. The topological polar surface area (TPSA) is 35.2 Å². The van der Waals surface area contributed by atoms with Crippen LogP contribution in [0.15, 0.2) is 24.3 Å². The molecule has 3 heteroatoms. The van der Waals surface area contributed by atoms with Crippen molar-refractivity contribution in [3.63, 3.8) is 0 Å². The molecule has 18 heavy (non-hydrogen) atoms. The van der Waals surface area contributed by atoms with Gasteiger partial charge in [-0.2, -0.15) is 0 Å². The number of hydrogen-bond acceptors (Lipinski definition) is 2. The highest BCUT2D eigenvalue weighted by molar-refractivity contribution is 6.31. The van der Waals surface area contributed by atoms with Gasteiger partial charge in [-0.05, 0) is 50.2 Å². The Kier molecular flexibility index (Phi) is 5.04. The van der Waals surface area contributed by atoms with Crippen molar-refractivity contribution < 1.29 is 4.74 Å². The monoisotopic (exact) mass is 267 g/mol. The molecule has 1 atom stereocenters. The minimum Gasteiger partial charge on any atom is -0.378 e. The van der Waals surface area contributed by atoms with Crippen molar-refractivity contribution in [2.75, 3.05) is 6.61 Å². The molecule has 0 radical (unpaired) electrons. The van der Waals surface area contributed by atoms with Gasteiger partial charge in [-0.1, -0.05) is 29.8 Å². The minimum atomic E-state index is 0.206. The number of halogens is 1. The van der Waals surface area contributed by atoms with Crippen LogP contribution in [0.2, 0.25) is 5.02 Å². The highest BCUT2D eigenvalue weighted by atomic mass is 35.5. The van der Waals surface area contributed by atoms with Crippen molar-refractivity contribution in [2.45, 2.75) is 44.8 Å². The van der Waals surface area contributed by atoms with Gasteiger partial charge in [0.15, 0.2) is 0 Å². The van der Waals surface area contributed by atoms with Crippen molar-refractivity contribution >= 4 is 11.6 Å². The Bertz CT molecular complexity index is 377. The van der Waals surface area contributed by atoms with E-state index in [0.29, 0.717) is 6.10 Å². The smallest absolute Gasteiger partial charge is 0.0580 e. The molecule has 1 unspecified atom stereocenters. The highest BCUT2D eigenvalue weighted by Crippen LogP contribution is 2.33. The van der Waals surface area contributed by atoms with Crippen LogP contribution in [0.25, 0.3) is 0 Å². The summed E-state index contributed by atoms with van der Waals surface area (Å²) in [6.07, 6.45) is 4.77. The quantitative estimate of drug-likeness (QED) is 0.857. The van der Waals surface area contributed by atoms with E-state index in [0.717, 1.165) is 36.0 Å². The standard InChI is InChI=1S/C15H22ClNO/c1-2-18-14-8-11(9-14)7-13(17)10-12-5-3-4-6-15(12)16/h3-6,11,13-14H,2,7-10,17H2,1H3. The fourth-order valence-electron chi connectivity index (χ4n) is 2.70. The van der Waals surface area contributed by atoms with Gasteiger partial charge in [0, 0.05) is 17.7 Å². The van der Waals surface area contributed by atoms with E-state index >= 15 is 0 Å². The van der Waals surface area contributed by atoms with Crippen molar-refractivity contribution in [1.29, 1.82) is 0 Å². The van der Waals surface area contributed by atoms with Gasteiger partial charge in [-0.15, -0.1) is 0 Å². The lowest BCUT2D eigenvalue weighted by atomic mass is 9.77. The number of benzene rings is 1. The summed E-state index contributed by atoms with van der Waals surface area (Å²) in [5, 5.41) is 0.828. The lowest BCUT2D eigenvalue weighted by molar-refractivity contribution is -0.0280. The molecule has 1 aromatic rings. The Morgan fingerprint density at radius 3 is 2.78 bits per heavy atom. The highest BCUT2D eigenvalue weighted by Gasteiger charge is 2.30. The van der Waals surface area contributed by atoms with Crippen LogP contribution in [-0.2, 0) is 11.2 Å².